The normalized spacial score (nSPS) is 13.8. The van der Waals surface area contributed by atoms with Crippen molar-refractivity contribution in [1.29, 1.82) is 0 Å². The second kappa shape index (κ2) is 4.64. The van der Waals surface area contributed by atoms with Crippen LogP contribution in [0.25, 0.3) is 0 Å². The quantitative estimate of drug-likeness (QED) is 0.810. The average molecular weight is 258 g/mol. The van der Waals surface area contributed by atoms with E-state index in [0.29, 0.717) is 11.0 Å². The van der Waals surface area contributed by atoms with Crippen molar-refractivity contribution in [2.75, 3.05) is 6.61 Å². The second-order valence-electron chi connectivity index (χ2n) is 3.73. The van der Waals surface area contributed by atoms with Crippen LogP contribution in [0.1, 0.15) is 12.5 Å². The SMILES string of the molecule is CC(=O)COc1c(F)cc2c(c1Cl)B(O)OC2. The Morgan fingerprint density at radius 1 is 1.76 bits per heavy atom. The van der Waals surface area contributed by atoms with Gasteiger partial charge in [-0.3, -0.25) is 4.79 Å². The van der Waals surface area contributed by atoms with E-state index in [1.54, 1.807) is 0 Å². The third-order valence-electron chi connectivity index (χ3n) is 2.36. The summed E-state index contributed by atoms with van der Waals surface area (Å²) in [7, 11) is -1.18. The maximum absolute atomic E-state index is 13.6. The topological polar surface area (TPSA) is 55.8 Å². The van der Waals surface area contributed by atoms with Gasteiger partial charge in [-0.05, 0) is 18.6 Å². The maximum atomic E-state index is 13.6. The number of halogens is 2. The zero-order valence-electron chi connectivity index (χ0n) is 9.00. The van der Waals surface area contributed by atoms with Crippen LogP contribution < -0.4 is 10.2 Å². The highest BCUT2D eigenvalue weighted by atomic mass is 35.5. The zero-order chi connectivity index (χ0) is 12.6. The molecule has 0 atom stereocenters. The van der Waals surface area contributed by atoms with Crippen molar-refractivity contribution in [3.8, 4) is 5.75 Å². The molecule has 1 N–H and O–H groups in total. The number of Topliss-reactive ketones (excluding diaryl/α,β-unsaturated/α-hetero) is 1. The lowest BCUT2D eigenvalue weighted by Crippen LogP contribution is -2.30. The summed E-state index contributed by atoms with van der Waals surface area (Å²) in [5.41, 5.74) is 0.779. The molecule has 0 spiro atoms. The van der Waals surface area contributed by atoms with Crippen LogP contribution >= 0.6 is 11.6 Å². The molecule has 1 aromatic rings. The molecule has 0 fully saturated rings. The van der Waals surface area contributed by atoms with Crippen LogP contribution in [-0.2, 0) is 16.1 Å². The van der Waals surface area contributed by atoms with Crippen LogP contribution in [0.5, 0.6) is 5.75 Å². The molecule has 0 unspecified atom stereocenters. The lowest BCUT2D eigenvalue weighted by Gasteiger charge is -2.11. The highest BCUT2D eigenvalue weighted by molar-refractivity contribution is 6.65. The molecule has 1 aromatic carbocycles. The van der Waals surface area contributed by atoms with E-state index in [9.17, 15) is 14.2 Å². The summed E-state index contributed by atoms with van der Waals surface area (Å²) in [5.74, 6) is -1.16. The summed E-state index contributed by atoms with van der Waals surface area (Å²) >= 11 is 5.92. The first-order valence-electron chi connectivity index (χ1n) is 4.93. The Hall–Kier alpha value is -1.11. The van der Waals surface area contributed by atoms with Crippen LogP contribution in [-0.4, -0.2) is 24.5 Å². The number of carbonyl (C=O) groups excluding carboxylic acids is 1. The molecule has 17 heavy (non-hydrogen) atoms. The average Bonchev–Trinajstić information content (AvgIpc) is 2.59. The molecule has 90 valence electrons. The number of ketones is 1. The fourth-order valence-corrected chi connectivity index (χ4v) is 1.97. The highest BCUT2D eigenvalue weighted by Gasteiger charge is 2.33. The second-order valence-corrected chi connectivity index (χ2v) is 4.11. The third-order valence-corrected chi connectivity index (χ3v) is 2.74. The van der Waals surface area contributed by atoms with Crippen molar-refractivity contribution >= 4 is 30.0 Å². The molecule has 7 heteroatoms. The predicted octanol–water partition coefficient (Wildman–Crippen LogP) is 0.665. The Balaban J connectivity index is 2.39. The Morgan fingerprint density at radius 3 is 3.12 bits per heavy atom. The van der Waals surface area contributed by atoms with E-state index in [4.69, 9.17) is 21.0 Å². The predicted molar refractivity (Wildman–Crippen MR) is 60.0 cm³/mol. The molecule has 4 nitrogen and oxygen atoms in total. The van der Waals surface area contributed by atoms with Gasteiger partial charge in [0.1, 0.15) is 6.61 Å². The van der Waals surface area contributed by atoms with Crippen LogP contribution in [0.2, 0.25) is 5.02 Å². The molecule has 0 aromatic heterocycles. The van der Waals surface area contributed by atoms with Crippen molar-refractivity contribution in [3.05, 3.63) is 22.5 Å². The highest BCUT2D eigenvalue weighted by Crippen LogP contribution is 2.30. The summed E-state index contributed by atoms with van der Waals surface area (Å²) in [6, 6.07) is 1.19. The standard InChI is InChI=1S/C10H9BClFO4/c1-5(14)3-16-10-7(13)2-6-4-17-11(15)8(6)9(10)12/h2,15H,3-4H2,1H3. The smallest absolute Gasteiger partial charge is 0.481 e. The van der Waals surface area contributed by atoms with Gasteiger partial charge in [-0.25, -0.2) is 4.39 Å². The monoisotopic (exact) mass is 258 g/mol. The van der Waals surface area contributed by atoms with E-state index >= 15 is 0 Å². The number of carbonyl (C=O) groups is 1. The Labute approximate surface area is 102 Å². The van der Waals surface area contributed by atoms with Gasteiger partial charge in [0, 0.05) is 5.46 Å². The van der Waals surface area contributed by atoms with E-state index < -0.39 is 12.9 Å². The fourth-order valence-electron chi connectivity index (χ4n) is 1.61. The molecule has 0 radical (unpaired) electrons. The van der Waals surface area contributed by atoms with Crippen LogP contribution in [0.3, 0.4) is 0 Å². The minimum atomic E-state index is -1.18. The van der Waals surface area contributed by atoms with Gasteiger partial charge in [0.2, 0.25) is 0 Å². The van der Waals surface area contributed by atoms with Gasteiger partial charge in [0.25, 0.3) is 0 Å². The largest absolute Gasteiger partial charge is 0.493 e. The van der Waals surface area contributed by atoms with Crippen molar-refractivity contribution in [3.63, 3.8) is 0 Å². The molecule has 0 amide bonds. The van der Waals surface area contributed by atoms with Gasteiger partial charge >= 0.3 is 7.12 Å². The third kappa shape index (κ3) is 2.29. The van der Waals surface area contributed by atoms with Crippen molar-refractivity contribution < 1.29 is 23.6 Å². The Morgan fingerprint density at radius 2 is 2.47 bits per heavy atom. The molecule has 1 heterocycles. The summed E-state index contributed by atoms with van der Waals surface area (Å²) in [6.07, 6.45) is 0. The van der Waals surface area contributed by atoms with Crippen LogP contribution in [0.15, 0.2) is 6.07 Å². The zero-order valence-corrected chi connectivity index (χ0v) is 9.75. The molecule has 1 aliphatic rings. The number of rotatable bonds is 3. The molecule has 1 aliphatic heterocycles. The number of ether oxygens (including phenoxy) is 1. The first-order valence-corrected chi connectivity index (χ1v) is 5.31. The lowest BCUT2D eigenvalue weighted by atomic mass is 9.79. The summed E-state index contributed by atoms with van der Waals surface area (Å²) < 4.78 is 23.5. The van der Waals surface area contributed by atoms with E-state index in [1.165, 1.54) is 13.0 Å². The molecular formula is C10H9BClFO4. The van der Waals surface area contributed by atoms with Crippen molar-refractivity contribution in [2.45, 2.75) is 13.5 Å². The number of benzene rings is 1. The van der Waals surface area contributed by atoms with Gasteiger partial charge in [0.05, 0.1) is 11.6 Å². The molecule has 2 rings (SSSR count). The van der Waals surface area contributed by atoms with Gasteiger partial charge in [0.15, 0.2) is 17.3 Å². The minimum absolute atomic E-state index is 0.0498. The summed E-state index contributed by atoms with van der Waals surface area (Å²) in [6.45, 7) is 1.14. The minimum Gasteiger partial charge on any atom is -0.481 e. The van der Waals surface area contributed by atoms with E-state index in [2.05, 4.69) is 0 Å². The Kier molecular flexibility index (Phi) is 3.37. The van der Waals surface area contributed by atoms with E-state index in [1.807, 2.05) is 0 Å². The molecule has 0 aliphatic carbocycles. The Bertz CT molecular complexity index is 480. The van der Waals surface area contributed by atoms with Crippen molar-refractivity contribution in [2.24, 2.45) is 0 Å². The van der Waals surface area contributed by atoms with E-state index in [0.717, 1.165) is 0 Å². The summed E-state index contributed by atoms with van der Waals surface area (Å²) in [4.78, 5) is 10.8. The van der Waals surface area contributed by atoms with E-state index in [-0.39, 0.29) is 29.8 Å². The number of hydrogen-bond acceptors (Lipinski definition) is 4. The first kappa shape index (κ1) is 12.4. The molecule has 0 saturated heterocycles. The van der Waals surface area contributed by atoms with Gasteiger partial charge in [-0.15, -0.1) is 0 Å². The molecule has 0 bridgehead atoms. The fraction of sp³-hybridized carbons (Fsp3) is 0.300. The number of fused-ring (bicyclic) bond motifs is 1. The number of hydrogen-bond donors (Lipinski definition) is 1. The van der Waals surface area contributed by atoms with Crippen molar-refractivity contribution in [1.82, 2.24) is 0 Å². The maximum Gasteiger partial charge on any atom is 0.493 e. The van der Waals surface area contributed by atoms with Crippen LogP contribution in [0.4, 0.5) is 4.39 Å². The first-order chi connectivity index (χ1) is 8.00. The summed E-state index contributed by atoms with van der Waals surface area (Å²) in [5, 5.41) is 9.45. The lowest BCUT2D eigenvalue weighted by molar-refractivity contribution is -0.118. The van der Waals surface area contributed by atoms with Gasteiger partial charge in [-0.2, -0.15) is 0 Å². The van der Waals surface area contributed by atoms with Gasteiger partial charge < -0.3 is 14.4 Å². The van der Waals surface area contributed by atoms with Crippen LogP contribution in [0, 0.1) is 5.82 Å². The molecular weight excluding hydrogens is 249 g/mol. The van der Waals surface area contributed by atoms with Gasteiger partial charge in [-0.1, -0.05) is 11.6 Å². The molecule has 0 saturated carbocycles.